The maximum absolute atomic E-state index is 6.37. The van der Waals surface area contributed by atoms with E-state index < -0.39 is 0 Å². The topological polar surface area (TPSA) is 15.3 Å². The predicted octanol–water partition coefficient (Wildman–Crippen LogP) is 3.30. The van der Waals surface area contributed by atoms with Crippen molar-refractivity contribution in [1.29, 1.82) is 0 Å². The largest absolute Gasteiger partial charge is 0.370 e. The molecule has 2 nitrogen and oxygen atoms in total. The van der Waals surface area contributed by atoms with Crippen LogP contribution in [0.4, 0.5) is 5.69 Å². The van der Waals surface area contributed by atoms with E-state index in [1.165, 1.54) is 17.7 Å². The van der Waals surface area contributed by atoms with E-state index in [4.69, 9.17) is 11.6 Å². The summed E-state index contributed by atoms with van der Waals surface area (Å²) in [5.41, 5.74) is 2.91. The molecule has 17 heavy (non-hydrogen) atoms. The summed E-state index contributed by atoms with van der Waals surface area (Å²) in [7, 11) is 1.97. The van der Waals surface area contributed by atoms with Crippen molar-refractivity contribution >= 4 is 17.3 Å². The minimum Gasteiger partial charge on any atom is -0.370 e. The van der Waals surface area contributed by atoms with Gasteiger partial charge in [-0.15, -0.1) is 0 Å². The first-order valence-corrected chi connectivity index (χ1v) is 6.58. The van der Waals surface area contributed by atoms with E-state index >= 15 is 0 Å². The third-order valence-corrected chi connectivity index (χ3v) is 3.74. The fourth-order valence-electron chi connectivity index (χ4n) is 2.55. The molecule has 0 aliphatic carbocycles. The van der Waals surface area contributed by atoms with Gasteiger partial charge in [-0.2, -0.15) is 0 Å². The lowest BCUT2D eigenvalue weighted by Crippen LogP contribution is -2.25. The molecule has 3 heteroatoms. The lowest BCUT2D eigenvalue weighted by atomic mass is 9.93. The van der Waals surface area contributed by atoms with Crippen molar-refractivity contribution < 1.29 is 0 Å². The first-order valence-electron chi connectivity index (χ1n) is 6.20. The normalized spacial score (nSPS) is 18.7. The maximum atomic E-state index is 6.37. The summed E-state index contributed by atoms with van der Waals surface area (Å²) in [6, 6.07) is 6.17. The lowest BCUT2D eigenvalue weighted by molar-refractivity contribution is 0.418. The number of nitrogens with one attached hydrogen (secondary N) is 1. The zero-order valence-electron chi connectivity index (χ0n) is 10.9. The van der Waals surface area contributed by atoms with Crippen LogP contribution < -0.4 is 10.2 Å². The average Bonchev–Trinajstić information content (AvgIpc) is 2.59. The van der Waals surface area contributed by atoms with Crippen LogP contribution in [0.2, 0.25) is 5.02 Å². The van der Waals surface area contributed by atoms with E-state index in [1.54, 1.807) is 0 Å². The van der Waals surface area contributed by atoms with Gasteiger partial charge in [0.2, 0.25) is 0 Å². The molecule has 0 unspecified atom stereocenters. The monoisotopic (exact) mass is 252 g/mol. The summed E-state index contributed by atoms with van der Waals surface area (Å²) >= 11 is 6.37. The molecule has 1 aromatic rings. The highest BCUT2D eigenvalue weighted by Crippen LogP contribution is 2.37. The lowest BCUT2D eigenvalue weighted by Gasteiger charge is -2.25. The summed E-state index contributed by atoms with van der Waals surface area (Å²) in [5.74, 6) is 0. The highest BCUT2D eigenvalue weighted by molar-refractivity contribution is 6.33. The minimum atomic E-state index is 0.399. The second-order valence-electron chi connectivity index (χ2n) is 5.61. The van der Waals surface area contributed by atoms with Gasteiger partial charge in [-0.1, -0.05) is 37.6 Å². The van der Waals surface area contributed by atoms with E-state index in [0.29, 0.717) is 5.41 Å². The molecule has 0 radical (unpaired) electrons. The molecule has 0 aromatic heterocycles. The van der Waals surface area contributed by atoms with Crippen LogP contribution in [-0.2, 0) is 6.54 Å². The molecule has 2 rings (SSSR count). The molecule has 1 fully saturated rings. The summed E-state index contributed by atoms with van der Waals surface area (Å²) < 4.78 is 0. The van der Waals surface area contributed by atoms with Crippen molar-refractivity contribution in [2.24, 2.45) is 5.41 Å². The zero-order valence-corrected chi connectivity index (χ0v) is 11.6. The van der Waals surface area contributed by atoms with Gasteiger partial charge in [-0.3, -0.25) is 0 Å². The highest BCUT2D eigenvalue weighted by atomic mass is 35.5. The van der Waals surface area contributed by atoms with Gasteiger partial charge in [0.05, 0.1) is 10.7 Å². The van der Waals surface area contributed by atoms with Crippen molar-refractivity contribution in [3.63, 3.8) is 0 Å². The Morgan fingerprint density at radius 2 is 2.18 bits per heavy atom. The van der Waals surface area contributed by atoms with Crippen LogP contribution in [-0.4, -0.2) is 20.1 Å². The van der Waals surface area contributed by atoms with Gasteiger partial charge in [0.25, 0.3) is 0 Å². The van der Waals surface area contributed by atoms with Crippen LogP contribution in [0.3, 0.4) is 0 Å². The molecule has 94 valence electrons. The van der Waals surface area contributed by atoms with E-state index in [1.807, 2.05) is 19.2 Å². The smallest absolute Gasteiger partial charge is 0.0642 e. The van der Waals surface area contributed by atoms with E-state index in [-0.39, 0.29) is 0 Å². The zero-order chi connectivity index (χ0) is 12.5. The SMILES string of the molecule is CNCc1cccc(Cl)c1N1CCC(C)(C)C1. The number of nitrogens with zero attached hydrogens (tertiary/aromatic N) is 1. The molecular weight excluding hydrogens is 232 g/mol. The van der Waals surface area contributed by atoms with Gasteiger partial charge in [0.1, 0.15) is 0 Å². The van der Waals surface area contributed by atoms with E-state index in [0.717, 1.165) is 24.7 Å². The van der Waals surface area contributed by atoms with Gasteiger partial charge in [0.15, 0.2) is 0 Å². The van der Waals surface area contributed by atoms with Gasteiger partial charge < -0.3 is 10.2 Å². The number of anilines is 1. The Kier molecular flexibility index (Phi) is 3.64. The Morgan fingerprint density at radius 1 is 1.41 bits per heavy atom. The average molecular weight is 253 g/mol. The van der Waals surface area contributed by atoms with Crippen LogP contribution in [0.1, 0.15) is 25.8 Å². The Bertz CT molecular complexity index is 401. The molecule has 0 amide bonds. The van der Waals surface area contributed by atoms with Crippen molar-refractivity contribution in [2.45, 2.75) is 26.8 Å². The van der Waals surface area contributed by atoms with Crippen molar-refractivity contribution in [2.75, 3.05) is 25.0 Å². The van der Waals surface area contributed by atoms with Crippen LogP contribution in [0, 0.1) is 5.41 Å². The van der Waals surface area contributed by atoms with Gasteiger partial charge in [0, 0.05) is 19.6 Å². The first kappa shape index (κ1) is 12.7. The molecule has 0 atom stereocenters. The minimum absolute atomic E-state index is 0.399. The fourth-order valence-corrected chi connectivity index (χ4v) is 2.86. The van der Waals surface area contributed by atoms with Gasteiger partial charge >= 0.3 is 0 Å². The van der Waals surface area contributed by atoms with Gasteiger partial charge in [-0.05, 0) is 30.5 Å². The number of rotatable bonds is 3. The first-order chi connectivity index (χ1) is 8.03. The third-order valence-electron chi connectivity index (χ3n) is 3.43. The number of halogens is 1. The number of hydrogen-bond donors (Lipinski definition) is 1. The number of hydrogen-bond acceptors (Lipinski definition) is 2. The number of benzene rings is 1. The Balaban J connectivity index is 2.31. The van der Waals surface area contributed by atoms with Crippen molar-refractivity contribution in [1.82, 2.24) is 5.32 Å². The molecule has 1 aliphatic heterocycles. The maximum Gasteiger partial charge on any atom is 0.0642 e. The molecule has 0 spiro atoms. The fraction of sp³-hybridized carbons (Fsp3) is 0.571. The molecular formula is C14H21ClN2. The summed E-state index contributed by atoms with van der Waals surface area (Å²) in [6.45, 7) is 7.71. The second kappa shape index (κ2) is 4.87. The molecule has 0 bridgehead atoms. The summed E-state index contributed by atoms with van der Waals surface area (Å²) in [5, 5.41) is 4.08. The second-order valence-corrected chi connectivity index (χ2v) is 6.02. The molecule has 1 saturated heterocycles. The Labute approximate surface area is 109 Å². The predicted molar refractivity (Wildman–Crippen MR) is 74.8 cm³/mol. The van der Waals surface area contributed by atoms with Crippen LogP contribution in [0.25, 0.3) is 0 Å². The number of para-hydroxylation sites is 1. The van der Waals surface area contributed by atoms with Crippen LogP contribution in [0.15, 0.2) is 18.2 Å². The molecule has 1 N–H and O–H groups in total. The highest BCUT2D eigenvalue weighted by Gasteiger charge is 2.31. The summed E-state index contributed by atoms with van der Waals surface area (Å²) in [6.07, 6.45) is 1.23. The molecule has 1 aromatic carbocycles. The third kappa shape index (κ3) is 2.75. The standard InChI is InChI=1S/C14H21ClN2/c1-14(2)7-8-17(10-14)13-11(9-16-3)5-4-6-12(13)15/h4-6,16H,7-10H2,1-3H3. The molecule has 1 heterocycles. The van der Waals surface area contributed by atoms with Crippen LogP contribution >= 0.6 is 11.6 Å². The van der Waals surface area contributed by atoms with E-state index in [9.17, 15) is 0 Å². The quantitative estimate of drug-likeness (QED) is 0.888. The van der Waals surface area contributed by atoms with E-state index in [2.05, 4.69) is 30.1 Å². The molecule has 1 aliphatic rings. The Hall–Kier alpha value is -0.730. The van der Waals surface area contributed by atoms with Crippen molar-refractivity contribution in [3.8, 4) is 0 Å². The molecule has 0 saturated carbocycles. The summed E-state index contributed by atoms with van der Waals surface area (Å²) in [4.78, 5) is 2.43. The Morgan fingerprint density at radius 3 is 2.76 bits per heavy atom. The van der Waals surface area contributed by atoms with Crippen LogP contribution in [0.5, 0.6) is 0 Å². The van der Waals surface area contributed by atoms with Gasteiger partial charge in [-0.25, -0.2) is 0 Å². The van der Waals surface area contributed by atoms with Crippen molar-refractivity contribution in [3.05, 3.63) is 28.8 Å².